The highest BCUT2D eigenvalue weighted by molar-refractivity contribution is 5.87. The van der Waals surface area contributed by atoms with E-state index in [0.29, 0.717) is 12.4 Å². The standard InChI is InChI=1S/C13H16O3/c14-13(15)11-5-2-6-12(9-11)16-8-7-10-3-1-4-10/h2,5-6,9-10H,1,3-4,7-8H2,(H,14,15). The quantitative estimate of drug-likeness (QED) is 0.829. The monoisotopic (exact) mass is 220 g/mol. The van der Waals surface area contributed by atoms with Crippen LogP contribution in [0.2, 0.25) is 0 Å². The molecule has 0 amide bonds. The summed E-state index contributed by atoms with van der Waals surface area (Å²) < 4.78 is 5.54. The molecule has 1 aliphatic carbocycles. The lowest BCUT2D eigenvalue weighted by molar-refractivity contribution is 0.0696. The van der Waals surface area contributed by atoms with Crippen molar-refractivity contribution in [2.24, 2.45) is 5.92 Å². The molecule has 1 saturated carbocycles. The number of rotatable bonds is 5. The minimum atomic E-state index is -0.913. The summed E-state index contributed by atoms with van der Waals surface area (Å²) in [7, 11) is 0. The second-order valence-electron chi connectivity index (χ2n) is 4.27. The molecule has 1 aromatic rings. The van der Waals surface area contributed by atoms with Gasteiger partial charge in [-0.2, -0.15) is 0 Å². The molecule has 86 valence electrons. The van der Waals surface area contributed by atoms with Gasteiger partial charge in [-0.25, -0.2) is 4.79 Å². The van der Waals surface area contributed by atoms with Gasteiger partial charge in [-0.1, -0.05) is 25.3 Å². The molecule has 0 spiro atoms. The normalized spacial score (nSPS) is 15.5. The lowest BCUT2D eigenvalue weighted by Crippen LogP contribution is -2.14. The third kappa shape index (κ3) is 2.75. The van der Waals surface area contributed by atoms with Gasteiger partial charge in [-0.15, -0.1) is 0 Å². The van der Waals surface area contributed by atoms with Crippen molar-refractivity contribution in [1.82, 2.24) is 0 Å². The third-order valence-corrected chi connectivity index (χ3v) is 3.10. The smallest absolute Gasteiger partial charge is 0.335 e. The number of hydrogen-bond acceptors (Lipinski definition) is 2. The molecular formula is C13H16O3. The van der Waals surface area contributed by atoms with Crippen molar-refractivity contribution in [1.29, 1.82) is 0 Å². The van der Waals surface area contributed by atoms with E-state index in [2.05, 4.69) is 0 Å². The molecule has 0 radical (unpaired) electrons. The van der Waals surface area contributed by atoms with Crippen molar-refractivity contribution in [3.8, 4) is 5.75 Å². The predicted molar refractivity (Wildman–Crippen MR) is 60.9 cm³/mol. The van der Waals surface area contributed by atoms with Crippen molar-refractivity contribution in [3.63, 3.8) is 0 Å². The molecule has 0 aliphatic heterocycles. The summed E-state index contributed by atoms with van der Waals surface area (Å²) in [4.78, 5) is 10.7. The summed E-state index contributed by atoms with van der Waals surface area (Å²) in [5.74, 6) is 0.561. The van der Waals surface area contributed by atoms with Gasteiger partial charge >= 0.3 is 5.97 Å². The number of benzene rings is 1. The Kier molecular flexibility index (Phi) is 3.44. The molecule has 3 heteroatoms. The fourth-order valence-corrected chi connectivity index (χ4v) is 1.84. The van der Waals surface area contributed by atoms with Crippen LogP contribution in [0.5, 0.6) is 5.75 Å². The van der Waals surface area contributed by atoms with Crippen molar-refractivity contribution in [2.75, 3.05) is 6.61 Å². The third-order valence-electron chi connectivity index (χ3n) is 3.10. The maximum atomic E-state index is 10.7. The van der Waals surface area contributed by atoms with E-state index in [1.54, 1.807) is 24.3 Å². The van der Waals surface area contributed by atoms with E-state index in [4.69, 9.17) is 9.84 Å². The Bertz CT molecular complexity index is 369. The molecule has 0 unspecified atom stereocenters. The van der Waals surface area contributed by atoms with Gasteiger partial charge < -0.3 is 9.84 Å². The van der Waals surface area contributed by atoms with Gasteiger partial charge in [-0.3, -0.25) is 0 Å². The largest absolute Gasteiger partial charge is 0.494 e. The Morgan fingerprint density at radius 3 is 2.88 bits per heavy atom. The van der Waals surface area contributed by atoms with E-state index in [-0.39, 0.29) is 5.56 Å². The fourth-order valence-electron chi connectivity index (χ4n) is 1.84. The van der Waals surface area contributed by atoms with Gasteiger partial charge in [0, 0.05) is 0 Å². The second kappa shape index (κ2) is 5.01. The van der Waals surface area contributed by atoms with E-state index in [0.717, 1.165) is 12.3 Å². The van der Waals surface area contributed by atoms with Crippen LogP contribution in [-0.2, 0) is 0 Å². The van der Waals surface area contributed by atoms with Gasteiger partial charge in [0.2, 0.25) is 0 Å². The first-order valence-corrected chi connectivity index (χ1v) is 5.72. The Hall–Kier alpha value is -1.51. The van der Waals surface area contributed by atoms with Gasteiger partial charge in [0.05, 0.1) is 12.2 Å². The average Bonchev–Trinajstić information content (AvgIpc) is 2.22. The van der Waals surface area contributed by atoms with E-state index in [9.17, 15) is 4.79 Å². The molecule has 1 N–H and O–H groups in total. The first kappa shape index (κ1) is 11.0. The van der Waals surface area contributed by atoms with E-state index in [1.165, 1.54) is 19.3 Å². The van der Waals surface area contributed by atoms with Crippen LogP contribution in [0.3, 0.4) is 0 Å². The molecule has 2 rings (SSSR count). The molecule has 1 fully saturated rings. The van der Waals surface area contributed by atoms with Crippen molar-refractivity contribution < 1.29 is 14.6 Å². The Balaban J connectivity index is 1.83. The molecule has 0 heterocycles. The van der Waals surface area contributed by atoms with Gasteiger partial charge in [0.15, 0.2) is 0 Å². The van der Waals surface area contributed by atoms with Crippen LogP contribution in [0.25, 0.3) is 0 Å². The van der Waals surface area contributed by atoms with E-state index in [1.807, 2.05) is 0 Å². The fraction of sp³-hybridized carbons (Fsp3) is 0.462. The van der Waals surface area contributed by atoms with Crippen LogP contribution in [0.15, 0.2) is 24.3 Å². The summed E-state index contributed by atoms with van der Waals surface area (Å²) in [6.45, 7) is 0.688. The van der Waals surface area contributed by atoms with Crippen molar-refractivity contribution in [2.45, 2.75) is 25.7 Å². The lowest BCUT2D eigenvalue weighted by atomic mass is 9.83. The summed E-state index contributed by atoms with van der Waals surface area (Å²) >= 11 is 0. The maximum Gasteiger partial charge on any atom is 0.335 e. The number of carboxylic acids is 1. The van der Waals surface area contributed by atoms with Gasteiger partial charge in [-0.05, 0) is 30.5 Å². The number of aromatic carboxylic acids is 1. The zero-order valence-corrected chi connectivity index (χ0v) is 9.19. The van der Waals surface area contributed by atoms with E-state index >= 15 is 0 Å². The van der Waals surface area contributed by atoms with Crippen LogP contribution in [0, 0.1) is 5.92 Å². The van der Waals surface area contributed by atoms with Gasteiger partial charge in [0.25, 0.3) is 0 Å². The number of hydrogen-bond donors (Lipinski definition) is 1. The predicted octanol–water partition coefficient (Wildman–Crippen LogP) is 2.95. The van der Waals surface area contributed by atoms with Gasteiger partial charge in [0.1, 0.15) is 5.75 Å². The molecule has 0 aromatic heterocycles. The first-order chi connectivity index (χ1) is 7.75. The van der Waals surface area contributed by atoms with Crippen molar-refractivity contribution >= 4 is 5.97 Å². The summed E-state index contributed by atoms with van der Waals surface area (Å²) in [5, 5.41) is 8.81. The second-order valence-corrected chi connectivity index (χ2v) is 4.27. The number of carboxylic acid groups (broad SMARTS) is 1. The SMILES string of the molecule is O=C(O)c1cccc(OCCC2CCC2)c1. The Labute approximate surface area is 95.0 Å². The minimum absolute atomic E-state index is 0.279. The maximum absolute atomic E-state index is 10.7. The van der Waals surface area contributed by atoms with Crippen LogP contribution in [0.4, 0.5) is 0 Å². The highest BCUT2D eigenvalue weighted by Crippen LogP contribution is 2.29. The molecule has 1 aromatic carbocycles. The molecule has 0 atom stereocenters. The summed E-state index contributed by atoms with van der Waals surface area (Å²) in [6, 6.07) is 6.65. The molecule has 0 bridgehead atoms. The van der Waals surface area contributed by atoms with Crippen LogP contribution in [0.1, 0.15) is 36.0 Å². The molecule has 1 aliphatic rings. The Morgan fingerprint density at radius 2 is 2.25 bits per heavy atom. The summed E-state index contributed by atoms with van der Waals surface area (Å²) in [5.41, 5.74) is 0.279. The Morgan fingerprint density at radius 1 is 1.44 bits per heavy atom. The van der Waals surface area contributed by atoms with Crippen molar-refractivity contribution in [3.05, 3.63) is 29.8 Å². The molecular weight excluding hydrogens is 204 g/mol. The molecule has 16 heavy (non-hydrogen) atoms. The van der Waals surface area contributed by atoms with Crippen LogP contribution >= 0.6 is 0 Å². The first-order valence-electron chi connectivity index (χ1n) is 5.72. The van der Waals surface area contributed by atoms with Crippen LogP contribution in [-0.4, -0.2) is 17.7 Å². The minimum Gasteiger partial charge on any atom is -0.494 e. The number of carbonyl (C=O) groups is 1. The topological polar surface area (TPSA) is 46.5 Å². The van der Waals surface area contributed by atoms with E-state index < -0.39 is 5.97 Å². The average molecular weight is 220 g/mol. The zero-order chi connectivity index (χ0) is 11.4. The van der Waals surface area contributed by atoms with Crippen LogP contribution < -0.4 is 4.74 Å². The summed E-state index contributed by atoms with van der Waals surface area (Å²) in [6.07, 6.45) is 5.06. The number of ether oxygens (including phenoxy) is 1. The molecule has 0 saturated heterocycles. The highest BCUT2D eigenvalue weighted by atomic mass is 16.5. The zero-order valence-electron chi connectivity index (χ0n) is 9.19. The lowest BCUT2D eigenvalue weighted by Gasteiger charge is -2.24. The molecule has 3 nitrogen and oxygen atoms in total. The highest BCUT2D eigenvalue weighted by Gasteiger charge is 2.16.